The van der Waals surface area contributed by atoms with E-state index in [9.17, 15) is 4.79 Å². The van der Waals surface area contributed by atoms with Gasteiger partial charge in [-0.1, -0.05) is 33.6 Å². The lowest BCUT2D eigenvalue weighted by Crippen LogP contribution is -2.31. The third-order valence-corrected chi connectivity index (χ3v) is 2.67. The van der Waals surface area contributed by atoms with Crippen molar-refractivity contribution >= 4 is 33.4 Å². The summed E-state index contributed by atoms with van der Waals surface area (Å²) >= 11 is 9.31. The van der Waals surface area contributed by atoms with Crippen LogP contribution in [0.3, 0.4) is 0 Å². The number of likely N-dealkylation sites (N-methyl/N-ethyl adjacent to an activating group) is 1. The molecule has 0 unspecified atom stereocenters. The molecule has 1 amide bonds. The van der Waals surface area contributed by atoms with Gasteiger partial charge in [0.25, 0.3) is 0 Å². The van der Waals surface area contributed by atoms with Crippen LogP contribution in [0.2, 0.25) is 5.02 Å². The molecule has 0 aliphatic heterocycles. The molecule has 0 radical (unpaired) electrons. The van der Waals surface area contributed by atoms with Crippen LogP contribution in [-0.4, -0.2) is 19.5 Å². The van der Waals surface area contributed by atoms with E-state index < -0.39 is 0 Å². The first-order valence-electron chi connectivity index (χ1n) is 4.48. The van der Waals surface area contributed by atoms with Crippen molar-refractivity contribution < 1.29 is 4.79 Å². The zero-order chi connectivity index (χ0) is 11.3. The summed E-state index contributed by atoms with van der Waals surface area (Å²) in [6.07, 6.45) is 0. The lowest BCUT2D eigenvalue weighted by molar-refractivity contribution is -0.120. The van der Waals surface area contributed by atoms with Gasteiger partial charge in [-0.05, 0) is 24.7 Å². The molecule has 0 fully saturated rings. The van der Waals surface area contributed by atoms with Gasteiger partial charge in [0.1, 0.15) is 0 Å². The molecule has 82 valence electrons. The minimum Gasteiger partial charge on any atom is -0.351 e. The summed E-state index contributed by atoms with van der Waals surface area (Å²) in [5.74, 6) is -0.0449. The van der Waals surface area contributed by atoms with E-state index in [1.165, 1.54) is 0 Å². The highest BCUT2D eigenvalue weighted by atomic mass is 79.9. The van der Waals surface area contributed by atoms with Crippen molar-refractivity contribution in [2.24, 2.45) is 0 Å². The number of hydrogen-bond donors (Lipinski definition) is 2. The number of amides is 1. The molecule has 15 heavy (non-hydrogen) atoms. The highest BCUT2D eigenvalue weighted by molar-refractivity contribution is 9.10. The van der Waals surface area contributed by atoms with Crippen LogP contribution in [0.25, 0.3) is 0 Å². The fourth-order valence-electron chi connectivity index (χ4n) is 1.08. The Kier molecular flexibility index (Phi) is 5.08. The quantitative estimate of drug-likeness (QED) is 0.890. The Morgan fingerprint density at radius 2 is 2.27 bits per heavy atom. The molecule has 1 aromatic rings. The average Bonchev–Trinajstić information content (AvgIpc) is 2.17. The monoisotopic (exact) mass is 290 g/mol. The van der Waals surface area contributed by atoms with Gasteiger partial charge in [-0.15, -0.1) is 0 Å². The van der Waals surface area contributed by atoms with Crippen molar-refractivity contribution in [2.45, 2.75) is 6.54 Å². The average molecular weight is 292 g/mol. The van der Waals surface area contributed by atoms with Crippen molar-refractivity contribution in [2.75, 3.05) is 13.6 Å². The maximum atomic E-state index is 11.2. The van der Waals surface area contributed by atoms with Crippen molar-refractivity contribution in [1.29, 1.82) is 0 Å². The van der Waals surface area contributed by atoms with Crippen LogP contribution in [0, 0.1) is 0 Å². The predicted octanol–water partition coefficient (Wildman–Crippen LogP) is 1.94. The molecular weight excluding hydrogens is 279 g/mol. The Morgan fingerprint density at radius 1 is 1.53 bits per heavy atom. The third kappa shape index (κ3) is 4.20. The third-order valence-electron chi connectivity index (χ3n) is 1.83. The minimum atomic E-state index is -0.0449. The first-order valence-corrected chi connectivity index (χ1v) is 5.66. The van der Waals surface area contributed by atoms with E-state index in [1.54, 1.807) is 13.1 Å². The molecule has 0 heterocycles. The largest absolute Gasteiger partial charge is 0.351 e. The maximum Gasteiger partial charge on any atom is 0.234 e. The Bertz CT molecular complexity index is 357. The molecule has 0 saturated carbocycles. The predicted molar refractivity (Wildman–Crippen MR) is 64.9 cm³/mol. The molecule has 0 bridgehead atoms. The number of halogens is 2. The van der Waals surface area contributed by atoms with Gasteiger partial charge in [-0.25, -0.2) is 0 Å². The summed E-state index contributed by atoms with van der Waals surface area (Å²) in [7, 11) is 1.73. The van der Waals surface area contributed by atoms with E-state index in [0.717, 1.165) is 10.0 Å². The number of nitrogens with one attached hydrogen (secondary N) is 2. The molecule has 3 nitrogen and oxygen atoms in total. The lowest BCUT2D eigenvalue weighted by Gasteiger charge is -2.06. The van der Waals surface area contributed by atoms with Crippen LogP contribution in [-0.2, 0) is 11.3 Å². The van der Waals surface area contributed by atoms with Crippen LogP contribution >= 0.6 is 27.5 Å². The molecule has 0 aromatic heterocycles. The molecule has 1 rings (SSSR count). The van der Waals surface area contributed by atoms with Gasteiger partial charge in [-0.3, -0.25) is 4.79 Å². The second-order valence-electron chi connectivity index (χ2n) is 3.04. The second kappa shape index (κ2) is 6.10. The van der Waals surface area contributed by atoms with Crippen LogP contribution in [0.5, 0.6) is 0 Å². The number of benzene rings is 1. The van der Waals surface area contributed by atoms with Crippen molar-refractivity contribution in [3.63, 3.8) is 0 Å². The number of carbonyl (C=O) groups is 1. The zero-order valence-corrected chi connectivity index (χ0v) is 10.7. The number of carbonyl (C=O) groups excluding carboxylic acids is 1. The highest BCUT2D eigenvalue weighted by Crippen LogP contribution is 2.20. The molecule has 0 aliphatic rings. The minimum absolute atomic E-state index is 0.0449. The number of rotatable bonds is 4. The Morgan fingerprint density at radius 3 is 2.87 bits per heavy atom. The van der Waals surface area contributed by atoms with Gasteiger partial charge >= 0.3 is 0 Å². The van der Waals surface area contributed by atoms with Crippen molar-refractivity contribution in [1.82, 2.24) is 10.6 Å². The van der Waals surface area contributed by atoms with E-state index >= 15 is 0 Å². The van der Waals surface area contributed by atoms with Crippen molar-refractivity contribution in [3.8, 4) is 0 Å². The number of hydrogen-bond acceptors (Lipinski definition) is 2. The summed E-state index contributed by atoms with van der Waals surface area (Å²) in [4.78, 5) is 11.2. The van der Waals surface area contributed by atoms with Crippen LogP contribution in [0.1, 0.15) is 5.56 Å². The Balaban J connectivity index is 2.54. The van der Waals surface area contributed by atoms with E-state index in [4.69, 9.17) is 11.6 Å². The van der Waals surface area contributed by atoms with E-state index in [0.29, 0.717) is 18.1 Å². The van der Waals surface area contributed by atoms with Crippen LogP contribution < -0.4 is 10.6 Å². The van der Waals surface area contributed by atoms with Gasteiger partial charge in [0.2, 0.25) is 5.91 Å². The zero-order valence-electron chi connectivity index (χ0n) is 8.31. The van der Waals surface area contributed by atoms with Gasteiger partial charge in [0, 0.05) is 16.0 Å². The normalized spacial score (nSPS) is 10.1. The summed E-state index contributed by atoms with van der Waals surface area (Å²) in [6, 6.07) is 5.58. The molecule has 0 saturated heterocycles. The lowest BCUT2D eigenvalue weighted by atomic mass is 10.2. The fourth-order valence-corrected chi connectivity index (χ4v) is 1.82. The second-order valence-corrected chi connectivity index (χ2v) is 4.37. The maximum absolute atomic E-state index is 11.2. The fraction of sp³-hybridized carbons (Fsp3) is 0.300. The molecular formula is C10H12BrClN2O. The molecule has 0 aliphatic carbocycles. The van der Waals surface area contributed by atoms with Gasteiger partial charge in [-0.2, -0.15) is 0 Å². The first-order chi connectivity index (χ1) is 7.13. The summed E-state index contributed by atoms with van der Waals surface area (Å²) < 4.78 is 0.929. The molecule has 0 atom stereocenters. The summed E-state index contributed by atoms with van der Waals surface area (Å²) in [6.45, 7) is 0.765. The summed E-state index contributed by atoms with van der Waals surface area (Å²) in [5, 5.41) is 6.18. The van der Waals surface area contributed by atoms with Gasteiger partial charge in [0.15, 0.2) is 0 Å². The topological polar surface area (TPSA) is 41.1 Å². The molecule has 2 N–H and O–H groups in total. The van der Waals surface area contributed by atoms with E-state index in [1.807, 2.05) is 12.1 Å². The van der Waals surface area contributed by atoms with Crippen LogP contribution in [0.4, 0.5) is 0 Å². The molecule has 1 aromatic carbocycles. The van der Waals surface area contributed by atoms with Gasteiger partial charge < -0.3 is 10.6 Å². The van der Waals surface area contributed by atoms with Crippen molar-refractivity contribution in [3.05, 3.63) is 33.3 Å². The first kappa shape index (κ1) is 12.5. The van der Waals surface area contributed by atoms with Crippen LogP contribution in [0.15, 0.2) is 22.7 Å². The molecule has 0 spiro atoms. The standard InChI is InChI=1S/C10H12BrClN2O/c1-13-6-10(15)14-5-7-2-3-8(11)4-9(7)12/h2-4,13H,5-6H2,1H3,(H,14,15). The smallest absolute Gasteiger partial charge is 0.234 e. The highest BCUT2D eigenvalue weighted by Gasteiger charge is 2.03. The Hall–Kier alpha value is -0.580. The Labute approximate surface area is 102 Å². The summed E-state index contributed by atoms with van der Waals surface area (Å²) in [5.41, 5.74) is 0.907. The van der Waals surface area contributed by atoms with Gasteiger partial charge in [0.05, 0.1) is 6.54 Å². The molecule has 5 heteroatoms. The van der Waals surface area contributed by atoms with E-state index in [2.05, 4.69) is 26.6 Å². The van der Waals surface area contributed by atoms with E-state index in [-0.39, 0.29) is 5.91 Å². The SMILES string of the molecule is CNCC(=O)NCc1ccc(Br)cc1Cl.